The number of hydrogen-bond donors (Lipinski definition) is 1. The molecule has 18 heavy (non-hydrogen) atoms. The summed E-state index contributed by atoms with van der Waals surface area (Å²) in [5, 5.41) is 4.37. The summed E-state index contributed by atoms with van der Waals surface area (Å²) < 4.78 is 26.6. The summed E-state index contributed by atoms with van der Waals surface area (Å²) in [5.41, 5.74) is 1.69. The van der Waals surface area contributed by atoms with E-state index in [4.69, 9.17) is 0 Å². The molecule has 0 aliphatic heterocycles. The topological polar surface area (TPSA) is 29.9 Å². The number of fused-ring (bicyclic) bond motifs is 1. The van der Waals surface area contributed by atoms with Gasteiger partial charge in [-0.15, -0.1) is 0 Å². The fourth-order valence-corrected chi connectivity index (χ4v) is 2.17. The van der Waals surface area contributed by atoms with Gasteiger partial charge in [0.25, 0.3) is 6.43 Å². The molecule has 0 spiro atoms. The van der Waals surface area contributed by atoms with Gasteiger partial charge in [-0.25, -0.2) is 13.8 Å². The van der Waals surface area contributed by atoms with E-state index in [9.17, 15) is 8.78 Å². The molecule has 1 aliphatic rings. The predicted molar refractivity (Wildman–Crippen MR) is 65.6 cm³/mol. The monoisotopic (exact) mass is 251 g/mol. The summed E-state index contributed by atoms with van der Waals surface area (Å²) in [4.78, 5) is 4.20. The van der Waals surface area contributed by atoms with Crippen molar-refractivity contribution in [1.82, 2.24) is 14.9 Å². The number of alkyl halides is 2. The fourth-order valence-electron chi connectivity index (χ4n) is 2.17. The lowest BCUT2D eigenvalue weighted by Gasteiger charge is -2.02. The first kappa shape index (κ1) is 11.6. The number of nitrogens with one attached hydrogen (secondary N) is 1. The standard InChI is InChI=1S/C13H15F2N3/c14-12(15)8-18-7-9(6-17-10-3-4-10)11-2-1-5-16-13(11)18/h1-2,5,7,10,12,17H,3-4,6,8H2. The maximum absolute atomic E-state index is 12.5. The smallest absolute Gasteiger partial charge is 0.256 e. The largest absolute Gasteiger partial charge is 0.326 e. The van der Waals surface area contributed by atoms with Crippen molar-refractivity contribution in [2.75, 3.05) is 0 Å². The summed E-state index contributed by atoms with van der Waals surface area (Å²) in [5.74, 6) is 0. The number of pyridine rings is 1. The van der Waals surface area contributed by atoms with Crippen molar-refractivity contribution in [1.29, 1.82) is 0 Å². The molecule has 3 rings (SSSR count). The highest BCUT2D eigenvalue weighted by atomic mass is 19.3. The van der Waals surface area contributed by atoms with E-state index in [0.717, 1.165) is 17.5 Å². The first-order valence-corrected chi connectivity index (χ1v) is 6.18. The van der Waals surface area contributed by atoms with Crippen LogP contribution in [0.3, 0.4) is 0 Å². The molecule has 1 fully saturated rings. The molecule has 0 unspecified atom stereocenters. The molecule has 5 heteroatoms. The lowest BCUT2D eigenvalue weighted by Crippen LogP contribution is -2.15. The Bertz CT molecular complexity index is 546. The van der Waals surface area contributed by atoms with E-state index in [1.807, 2.05) is 12.1 Å². The Balaban J connectivity index is 1.91. The summed E-state index contributed by atoms with van der Waals surface area (Å²) >= 11 is 0. The molecule has 1 N–H and O–H groups in total. The zero-order valence-electron chi connectivity index (χ0n) is 9.94. The molecule has 2 aromatic heterocycles. The van der Waals surface area contributed by atoms with Crippen molar-refractivity contribution in [3.05, 3.63) is 30.1 Å². The maximum Gasteiger partial charge on any atom is 0.256 e. The van der Waals surface area contributed by atoms with Crippen LogP contribution >= 0.6 is 0 Å². The molecule has 1 saturated carbocycles. The first-order chi connectivity index (χ1) is 8.74. The van der Waals surface area contributed by atoms with Crippen LogP contribution in [0.2, 0.25) is 0 Å². The zero-order chi connectivity index (χ0) is 12.5. The van der Waals surface area contributed by atoms with E-state index in [1.54, 1.807) is 17.0 Å². The molecular formula is C13H15F2N3. The Morgan fingerprint density at radius 2 is 2.28 bits per heavy atom. The van der Waals surface area contributed by atoms with Crippen molar-refractivity contribution in [3.8, 4) is 0 Å². The van der Waals surface area contributed by atoms with E-state index >= 15 is 0 Å². The first-order valence-electron chi connectivity index (χ1n) is 6.18. The molecule has 0 atom stereocenters. The van der Waals surface area contributed by atoms with Gasteiger partial charge in [-0.05, 0) is 30.5 Å². The van der Waals surface area contributed by atoms with Gasteiger partial charge in [0.05, 0.1) is 6.54 Å². The van der Waals surface area contributed by atoms with Crippen LogP contribution in [0.25, 0.3) is 11.0 Å². The maximum atomic E-state index is 12.5. The van der Waals surface area contributed by atoms with E-state index in [0.29, 0.717) is 11.7 Å². The minimum atomic E-state index is -2.35. The van der Waals surface area contributed by atoms with Gasteiger partial charge in [-0.2, -0.15) is 0 Å². The van der Waals surface area contributed by atoms with Crippen LogP contribution in [0.5, 0.6) is 0 Å². The Labute approximate surface area is 104 Å². The number of rotatable bonds is 5. The second kappa shape index (κ2) is 4.65. The molecule has 2 aromatic rings. The van der Waals surface area contributed by atoms with Crippen LogP contribution in [0, 0.1) is 0 Å². The third-order valence-corrected chi connectivity index (χ3v) is 3.21. The van der Waals surface area contributed by atoms with E-state index in [-0.39, 0.29) is 6.54 Å². The van der Waals surface area contributed by atoms with Crippen LogP contribution in [0.15, 0.2) is 24.5 Å². The second-order valence-electron chi connectivity index (χ2n) is 4.73. The molecule has 0 aromatic carbocycles. The van der Waals surface area contributed by atoms with Crippen LogP contribution in [0.1, 0.15) is 18.4 Å². The third kappa shape index (κ3) is 2.36. The molecule has 0 amide bonds. The predicted octanol–water partition coefficient (Wildman–Crippen LogP) is 2.55. The van der Waals surface area contributed by atoms with Gasteiger partial charge in [-0.1, -0.05) is 0 Å². The zero-order valence-corrected chi connectivity index (χ0v) is 9.94. The van der Waals surface area contributed by atoms with Crippen molar-refractivity contribution in [2.24, 2.45) is 0 Å². The van der Waals surface area contributed by atoms with Gasteiger partial charge in [0.15, 0.2) is 0 Å². The SMILES string of the molecule is FC(F)Cn1cc(CNC2CC2)c2cccnc21. The highest BCUT2D eigenvalue weighted by Gasteiger charge is 2.21. The van der Waals surface area contributed by atoms with Crippen molar-refractivity contribution in [2.45, 2.75) is 38.4 Å². The Morgan fingerprint density at radius 3 is 3.00 bits per heavy atom. The average molecular weight is 251 g/mol. The van der Waals surface area contributed by atoms with E-state index in [2.05, 4.69) is 10.3 Å². The fraction of sp³-hybridized carbons (Fsp3) is 0.462. The van der Waals surface area contributed by atoms with Gasteiger partial charge in [0.2, 0.25) is 0 Å². The van der Waals surface area contributed by atoms with Crippen molar-refractivity contribution < 1.29 is 8.78 Å². The molecule has 96 valence electrons. The summed E-state index contributed by atoms with van der Waals surface area (Å²) in [6, 6.07) is 4.39. The Morgan fingerprint density at radius 1 is 1.44 bits per heavy atom. The molecule has 1 aliphatic carbocycles. The highest BCUT2D eigenvalue weighted by molar-refractivity contribution is 5.80. The lowest BCUT2D eigenvalue weighted by molar-refractivity contribution is 0.128. The minimum absolute atomic E-state index is 0.295. The van der Waals surface area contributed by atoms with Crippen molar-refractivity contribution in [3.63, 3.8) is 0 Å². The third-order valence-electron chi connectivity index (χ3n) is 3.21. The van der Waals surface area contributed by atoms with Gasteiger partial charge >= 0.3 is 0 Å². The number of nitrogens with zero attached hydrogens (tertiary/aromatic N) is 2. The molecule has 0 radical (unpaired) electrons. The molecule has 0 saturated heterocycles. The average Bonchev–Trinajstić information content (AvgIpc) is 3.11. The van der Waals surface area contributed by atoms with Crippen molar-refractivity contribution >= 4 is 11.0 Å². The number of hydrogen-bond acceptors (Lipinski definition) is 2. The van der Waals surface area contributed by atoms with Gasteiger partial charge < -0.3 is 9.88 Å². The second-order valence-corrected chi connectivity index (χ2v) is 4.73. The quantitative estimate of drug-likeness (QED) is 0.885. The van der Waals surface area contributed by atoms with Gasteiger partial charge in [-0.3, -0.25) is 0 Å². The highest BCUT2D eigenvalue weighted by Crippen LogP contribution is 2.23. The summed E-state index contributed by atoms with van der Waals surface area (Å²) in [7, 11) is 0. The molecule has 3 nitrogen and oxygen atoms in total. The van der Waals surface area contributed by atoms with Crippen LogP contribution in [-0.2, 0) is 13.1 Å². The van der Waals surface area contributed by atoms with E-state index in [1.165, 1.54) is 12.8 Å². The van der Waals surface area contributed by atoms with Crippen LogP contribution < -0.4 is 5.32 Å². The van der Waals surface area contributed by atoms with Gasteiger partial charge in [0.1, 0.15) is 5.65 Å². The van der Waals surface area contributed by atoms with E-state index < -0.39 is 6.43 Å². The molecular weight excluding hydrogens is 236 g/mol. The lowest BCUT2D eigenvalue weighted by atomic mass is 10.2. The molecule has 0 bridgehead atoms. The van der Waals surface area contributed by atoms with Gasteiger partial charge in [0, 0.05) is 30.4 Å². The summed E-state index contributed by atoms with van der Waals surface area (Å²) in [6.45, 7) is 0.431. The Hall–Kier alpha value is -1.49. The number of halogens is 2. The normalized spacial score (nSPS) is 15.7. The molecule has 2 heterocycles. The van der Waals surface area contributed by atoms with Crippen LogP contribution in [-0.4, -0.2) is 22.0 Å². The Kier molecular flexibility index (Phi) is 2.99. The summed E-state index contributed by atoms with van der Waals surface area (Å²) in [6.07, 6.45) is 3.51. The number of aromatic nitrogens is 2. The van der Waals surface area contributed by atoms with Crippen LogP contribution in [0.4, 0.5) is 8.78 Å². The minimum Gasteiger partial charge on any atom is -0.326 e.